The van der Waals surface area contributed by atoms with Crippen molar-refractivity contribution < 1.29 is 9.47 Å². The minimum absolute atomic E-state index is 0. The SMILES string of the molecule is CN=C(NCC1(CC(C)C)CCC1)NCC1(OC)CCOCC1.I. The van der Waals surface area contributed by atoms with Crippen molar-refractivity contribution in [2.45, 2.75) is 58.0 Å². The van der Waals surface area contributed by atoms with Crippen LogP contribution in [0.2, 0.25) is 0 Å². The van der Waals surface area contributed by atoms with Gasteiger partial charge in [-0.3, -0.25) is 4.99 Å². The predicted octanol–water partition coefficient (Wildman–Crippen LogP) is 3.18. The molecular formula is C18H36IN3O2. The van der Waals surface area contributed by atoms with Crippen LogP contribution in [0.3, 0.4) is 0 Å². The minimum Gasteiger partial charge on any atom is -0.381 e. The smallest absolute Gasteiger partial charge is 0.191 e. The number of halogens is 1. The standard InChI is InChI=1S/C18H35N3O2.HI/c1-15(2)12-17(6-5-7-17)13-20-16(19-3)21-14-18(22-4)8-10-23-11-9-18;/h15H,5-14H2,1-4H3,(H2,19,20,21);1H. The van der Waals surface area contributed by atoms with Crippen LogP contribution < -0.4 is 10.6 Å². The Balaban J connectivity index is 0.00000288. The van der Waals surface area contributed by atoms with Gasteiger partial charge in [-0.05, 0) is 30.6 Å². The molecule has 0 aromatic heterocycles. The van der Waals surface area contributed by atoms with E-state index in [1.165, 1.54) is 25.7 Å². The summed E-state index contributed by atoms with van der Waals surface area (Å²) in [5.41, 5.74) is 0.353. The first-order valence-corrected chi connectivity index (χ1v) is 9.11. The van der Waals surface area contributed by atoms with E-state index in [1.54, 1.807) is 7.11 Å². The Bertz CT molecular complexity index is 392. The number of guanidine groups is 1. The molecule has 0 radical (unpaired) electrons. The van der Waals surface area contributed by atoms with Crippen molar-refractivity contribution in [3.05, 3.63) is 0 Å². The second kappa shape index (κ2) is 10.2. The first kappa shape index (κ1) is 22.0. The van der Waals surface area contributed by atoms with E-state index >= 15 is 0 Å². The summed E-state index contributed by atoms with van der Waals surface area (Å²) in [5.74, 6) is 1.65. The lowest BCUT2D eigenvalue weighted by Crippen LogP contribution is -2.52. The van der Waals surface area contributed by atoms with Crippen molar-refractivity contribution >= 4 is 29.9 Å². The average Bonchev–Trinajstić information content (AvgIpc) is 2.52. The van der Waals surface area contributed by atoms with Gasteiger partial charge in [-0.25, -0.2) is 0 Å². The molecule has 0 atom stereocenters. The van der Waals surface area contributed by atoms with Crippen LogP contribution in [-0.4, -0.2) is 52.0 Å². The van der Waals surface area contributed by atoms with Crippen LogP contribution in [0.5, 0.6) is 0 Å². The van der Waals surface area contributed by atoms with E-state index in [0.29, 0.717) is 5.41 Å². The second-order valence-corrected chi connectivity index (χ2v) is 7.73. The quantitative estimate of drug-likeness (QED) is 0.353. The van der Waals surface area contributed by atoms with E-state index in [4.69, 9.17) is 9.47 Å². The molecule has 2 fully saturated rings. The predicted molar refractivity (Wildman–Crippen MR) is 110 cm³/mol. The van der Waals surface area contributed by atoms with Gasteiger partial charge in [-0.1, -0.05) is 20.3 Å². The third kappa shape index (κ3) is 6.02. The summed E-state index contributed by atoms with van der Waals surface area (Å²) in [7, 11) is 3.64. The number of ether oxygens (including phenoxy) is 2. The first-order valence-electron chi connectivity index (χ1n) is 9.11. The zero-order valence-electron chi connectivity index (χ0n) is 15.8. The van der Waals surface area contributed by atoms with Crippen molar-refractivity contribution in [3.8, 4) is 0 Å². The van der Waals surface area contributed by atoms with Gasteiger partial charge in [0.05, 0.1) is 5.60 Å². The molecule has 1 heterocycles. The summed E-state index contributed by atoms with van der Waals surface area (Å²) in [4.78, 5) is 4.39. The van der Waals surface area contributed by atoms with E-state index in [2.05, 4.69) is 29.5 Å². The highest BCUT2D eigenvalue weighted by Crippen LogP contribution is 2.45. The highest BCUT2D eigenvalue weighted by Gasteiger charge is 2.37. The van der Waals surface area contributed by atoms with Crippen LogP contribution in [0, 0.1) is 11.3 Å². The molecule has 0 aromatic carbocycles. The number of methoxy groups -OCH3 is 1. The van der Waals surface area contributed by atoms with Gasteiger partial charge in [0.1, 0.15) is 0 Å². The van der Waals surface area contributed by atoms with E-state index < -0.39 is 0 Å². The Morgan fingerprint density at radius 3 is 2.21 bits per heavy atom. The summed E-state index contributed by atoms with van der Waals surface area (Å²) in [5, 5.41) is 7.01. The van der Waals surface area contributed by atoms with Crippen molar-refractivity contribution in [2.24, 2.45) is 16.3 Å². The van der Waals surface area contributed by atoms with Gasteiger partial charge < -0.3 is 20.1 Å². The van der Waals surface area contributed by atoms with E-state index in [-0.39, 0.29) is 29.6 Å². The molecule has 24 heavy (non-hydrogen) atoms. The van der Waals surface area contributed by atoms with Gasteiger partial charge >= 0.3 is 0 Å². The fraction of sp³-hybridized carbons (Fsp3) is 0.944. The maximum absolute atomic E-state index is 5.78. The van der Waals surface area contributed by atoms with Gasteiger partial charge in [0.2, 0.25) is 0 Å². The van der Waals surface area contributed by atoms with Crippen LogP contribution in [0.25, 0.3) is 0 Å². The van der Waals surface area contributed by atoms with Crippen LogP contribution in [0.4, 0.5) is 0 Å². The number of aliphatic imine (C=N–C) groups is 1. The molecule has 0 unspecified atom stereocenters. The molecule has 2 rings (SSSR count). The van der Waals surface area contributed by atoms with Crippen LogP contribution in [0.1, 0.15) is 52.4 Å². The van der Waals surface area contributed by atoms with Crippen molar-refractivity contribution in [2.75, 3.05) is 40.5 Å². The molecule has 2 aliphatic rings. The molecule has 0 amide bonds. The second-order valence-electron chi connectivity index (χ2n) is 7.73. The number of rotatable bonds is 7. The van der Waals surface area contributed by atoms with Gasteiger partial charge in [-0.15, -0.1) is 24.0 Å². The number of nitrogens with one attached hydrogen (secondary N) is 2. The minimum atomic E-state index is -0.123. The van der Waals surface area contributed by atoms with Crippen LogP contribution in [-0.2, 0) is 9.47 Å². The Hall–Kier alpha value is -0.0800. The molecule has 0 bridgehead atoms. The molecule has 1 saturated heterocycles. The number of nitrogens with zero attached hydrogens (tertiary/aromatic N) is 1. The van der Waals surface area contributed by atoms with E-state index in [0.717, 1.165) is 51.0 Å². The highest BCUT2D eigenvalue weighted by molar-refractivity contribution is 14.0. The van der Waals surface area contributed by atoms with Crippen LogP contribution >= 0.6 is 24.0 Å². The molecule has 6 heteroatoms. The Labute approximate surface area is 164 Å². The zero-order valence-corrected chi connectivity index (χ0v) is 18.2. The molecular weight excluding hydrogens is 417 g/mol. The van der Waals surface area contributed by atoms with E-state index in [1.807, 2.05) is 7.05 Å². The Morgan fingerprint density at radius 1 is 1.12 bits per heavy atom. The maximum Gasteiger partial charge on any atom is 0.191 e. The highest BCUT2D eigenvalue weighted by atomic mass is 127. The van der Waals surface area contributed by atoms with Crippen molar-refractivity contribution in [1.82, 2.24) is 10.6 Å². The van der Waals surface area contributed by atoms with Gasteiger partial charge in [0.15, 0.2) is 5.96 Å². The number of hydrogen-bond donors (Lipinski definition) is 2. The normalized spacial score (nSPS) is 22.5. The van der Waals surface area contributed by atoms with Crippen molar-refractivity contribution in [3.63, 3.8) is 0 Å². The zero-order chi connectivity index (χ0) is 16.8. The molecule has 0 aromatic rings. The number of hydrogen-bond acceptors (Lipinski definition) is 3. The lowest BCUT2D eigenvalue weighted by molar-refractivity contribution is -0.0855. The third-order valence-electron chi connectivity index (χ3n) is 5.52. The lowest BCUT2D eigenvalue weighted by Gasteiger charge is -2.44. The molecule has 0 spiro atoms. The van der Waals surface area contributed by atoms with Crippen molar-refractivity contribution in [1.29, 1.82) is 0 Å². The van der Waals surface area contributed by atoms with Gasteiger partial charge in [-0.2, -0.15) is 0 Å². The maximum atomic E-state index is 5.78. The third-order valence-corrected chi connectivity index (χ3v) is 5.52. The fourth-order valence-electron chi connectivity index (χ4n) is 3.93. The molecule has 2 N–H and O–H groups in total. The summed E-state index contributed by atoms with van der Waals surface area (Å²) >= 11 is 0. The van der Waals surface area contributed by atoms with Crippen LogP contribution in [0.15, 0.2) is 4.99 Å². The topological polar surface area (TPSA) is 54.9 Å². The molecule has 1 aliphatic heterocycles. The molecule has 1 aliphatic carbocycles. The molecule has 142 valence electrons. The monoisotopic (exact) mass is 453 g/mol. The molecule has 5 nitrogen and oxygen atoms in total. The Kier molecular flexibility index (Phi) is 9.30. The molecule has 1 saturated carbocycles. The summed E-state index contributed by atoms with van der Waals surface area (Å²) < 4.78 is 11.2. The lowest BCUT2D eigenvalue weighted by atomic mass is 9.64. The summed E-state index contributed by atoms with van der Waals surface area (Å²) in [6, 6.07) is 0. The first-order chi connectivity index (χ1) is 11.0. The summed E-state index contributed by atoms with van der Waals surface area (Å²) in [6.07, 6.45) is 7.22. The summed E-state index contributed by atoms with van der Waals surface area (Å²) in [6.45, 7) is 8.00. The fourth-order valence-corrected chi connectivity index (χ4v) is 3.93. The van der Waals surface area contributed by atoms with Gasteiger partial charge in [0, 0.05) is 53.3 Å². The van der Waals surface area contributed by atoms with Gasteiger partial charge in [0.25, 0.3) is 0 Å². The average molecular weight is 453 g/mol. The van der Waals surface area contributed by atoms with E-state index in [9.17, 15) is 0 Å². The Morgan fingerprint density at radius 2 is 1.75 bits per heavy atom. The largest absolute Gasteiger partial charge is 0.381 e.